The maximum atomic E-state index is 13.6. The summed E-state index contributed by atoms with van der Waals surface area (Å²) in [5, 5.41) is 2.73. The van der Waals surface area contributed by atoms with Crippen molar-refractivity contribution >= 4 is 5.91 Å². The Bertz CT molecular complexity index is 846. The van der Waals surface area contributed by atoms with Crippen LogP contribution in [0.5, 0.6) is 0 Å². The van der Waals surface area contributed by atoms with Gasteiger partial charge in [-0.15, -0.1) is 0 Å². The van der Waals surface area contributed by atoms with E-state index < -0.39 is 11.6 Å². The molecule has 3 aromatic rings. The lowest BCUT2D eigenvalue weighted by molar-refractivity contribution is 0.0947. The molecule has 0 bridgehead atoms. The highest BCUT2D eigenvalue weighted by molar-refractivity contribution is 5.93. The number of hydrogen-bond donors (Lipinski definition) is 1. The van der Waals surface area contributed by atoms with Gasteiger partial charge in [0.15, 0.2) is 0 Å². The fraction of sp³-hybridized carbons (Fsp3) is 0.111. The van der Waals surface area contributed by atoms with Crippen LogP contribution in [0.1, 0.15) is 16.1 Å². The Morgan fingerprint density at radius 3 is 2.67 bits per heavy atom. The molecule has 0 saturated heterocycles. The number of amides is 1. The average molecular weight is 327 g/mol. The van der Waals surface area contributed by atoms with Gasteiger partial charge >= 0.3 is 0 Å². The maximum Gasteiger partial charge on any atom is 0.269 e. The Kier molecular flexibility index (Phi) is 4.65. The zero-order chi connectivity index (χ0) is 16.9. The van der Waals surface area contributed by atoms with Crippen molar-refractivity contribution in [3.63, 3.8) is 0 Å². The van der Waals surface area contributed by atoms with Gasteiger partial charge in [0.2, 0.25) is 0 Å². The summed E-state index contributed by atoms with van der Waals surface area (Å²) in [5.74, 6) is -1.54. The topological polar surface area (TPSA) is 46.9 Å². The zero-order valence-electron chi connectivity index (χ0n) is 12.7. The first kappa shape index (κ1) is 15.9. The molecule has 1 amide bonds. The van der Waals surface area contributed by atoms with Gasteiger partial charge in [-0.1, -0.05) is 24.3 Å². The van der Waals surface area contributed by atoms with Crippen molar-refractivity contribution in [2.24, 2.45) is 0 Å². The molecule has 0 aliphatic carbocycles. The molecular weight excluding hydrogens is 312 g/mol. The van der Waals surface area contributed by atoms with Crippen LogP contribution < -0.4 is 5.32 Å². The van der Waals surface area contributed by atoms with Crippen molar-refractivity contribution in [3.8, 4) is 5.69 Å². The van der Waals surface area contributed by atoms with Crippen LogP contribution in [0.25, 0.3) is 5.69 Å². The Labute approximate surface area is 137 Å². The van der Waals surface area contributed by atoms with E-state index in [9.17, 15) is 13.6 Å². The van der Waals surface area contributed by atoms with Gasteiger partial charge < -0.3 is 5.32 Å². The third-order valence-corrected chi connectivity index (χ3v) is 3.60. The molecule has 24 heavy (non-hydrogen) atoms. The van der Waals surface area contributed by atoms with E-state index >= 15 is 0 Å². The molecule has 1 aromatic heterocycles. The summed E-state index contributed by atoms with van der Waals surface area (Å²) < 4.78 is 28.1. The highest BCUT2D eigenvalue weighted by Gasteiger charge is 2.13. The van der Waals surface area contributed by atoms with E-state index in [1.807, 2.05) is 30.3 Å². The van der Waals surface area contributed by atoms with Crippen LogP contribution >= 0.6 is 0 Å². The largest absolute Gasteiger partial charge is 0.350 e. The van der Waals surface area contributed by atoms with Gasteiger partial charge in [-0.05, 0) is 30.2 Å². The monoisotopic (exact) mass is 327 g/mol. The molecule has 0 saturated carbocycles. The third-order valence-electron chi connectivity index (χ3n) is 3.60. The summed E-state index contributed by atoms with van der Waals surface area (Å²) in [5.41, 5.74) is 1.57. The highest BCUT2D eigenvalue weighted by Crippen LogP contribution is 2.12. The van der Waals surface area contributed by atoms with E-state index in [2.05, 4.69) is 10.3 Å². The van der Waals surface area contributed by atoms with Crippen molar-refractivity contribution in [2.45, 2.75) is 6.42 Å². The summed E-state index contributed by atoms with van der Waals surface area (Å²) >= 11 is 0. The number of hydrogen-bond acceptors (Lipinski definition) is 2. The maximum absolute atomic E-state index is 13.6. The number of nitrogens with one attached hydrogen (secondary N) is 1. The zero-order valence-corrected chi connectivity index (χ0v) is 12.7. The number of imidazole rings is 1. The van der Waals surface area contributed by atoms with Crippen LogP contribution in [-0.4, -0.2) is 22.0 Å². The molecule has 0 aliphatic heterocycles. The molecule has 3 rings (SSSR count). The fourth-order valence-corrected chi connectivity index (χ4v) is 2.38. The predicted octanol–water partition coefficient (Wildman–Crippen LogP) is 3.12. The lowest BCUT2D eigenvalue weighted by Gasteiger charge is -2.09. The molecule has 122 valence electrons. The Morgan fingerprint density at radius 2 is 1.92 bits per heavy atom. The van der Waals surface area contributed by atoms with Crippen molar-refractivity contribution in [1.82, 2.24) is 14.9 Å². The van der Waals surface area contributed by atoms with Crippen molar-refractivity contribution in [3.05, 3.63) is 83.9 Å². The number of benzene rings is 2. The fourth-order valence-electron chi connectivity index (χ4n) is 2.38. The second-order valence-corrected chi connectivity index (χ2v) is 5.23. The summed E-state index contributed by atoms with van der Waals surface area (Å²) in [6, 6.07) is 12.8. The van der Waals surface area contributed by atoms with Gasteiger partial charge in [0.25, 0.3) is 5.91 Å². The first-order valence-electron chi connectivity index (χ1n) is 7.45. The molecule has 0 atom stereocenters. The minimum absolute atomic E-state index is 0.237. The van der Waals surface area contributed by atoms with Gasteiger partial charge in [-0.25, -0.2) is 13.8 Å². The predicted molar refractivity (Wildman–Crippen MR) is 86.0 cm³/mol. The number of carbonyl (C=O) groups is 1. The Morgan fingerprint density at radius 1 is 1.12 bits per heavy atom. The molecular formula is C18H15F2N3O. The van der Waals surface area contributed by atoms with Gasteiger partial charge in [0, 0.05) is 18.3 Å². The average Bonchev–Trinajstić information content (AvgIpc) is 3.07. The van der Waals surface area contributed by atoms with Crippen molar-refractivity contribution in [1.29, 1.82) is 0 Å². The van der Waals surface area contributed by atoms with E-state index in [0.717, 1.165) is 11.8 Å². The molecule has 6 heteroatoms. The van der Waals surface area contributed by atoms with E-state index in [0.29, 0.717) is 11.3 Å². The second-order valence-electron chi connectivity index (χ2n) is 5.23. The molecule has 2 aromatic carbocycles. The molecule has 0 unspecified atom stereocenters. The minimum atomic E-state index is -0.618. The summed E-state index contributed by atoms with van der Waals surface area (Å²) in [6.07, 6.45) is 3.31. The second kappa shape index (κ2) is 7.04. The van der Waals surface area contributed by atoms with Crippen LogP contribution in [-0.2, 0) is 6.42 Å². The number of nitrogens with zero attached hydrogens (tertiary/aromatic N) is 2. The van der Waals surface area contributed by atoms with Crippen LogP contribution in [0.3, 0.4) is 0 Å². The molecule has 0 aliphatic rings. The SMILES string of the molecule is O=C(NCCc1ccc(F)cc1F)c1cncn1-c1ccccc1. The minimum Gasteiger partial charge on any atom is -0.350 e. The summed E-state index contributed by atoms with van der Waals surface area (Å²) in [4.78, 5) is 16.3. The number of aromatic nitrogens is 2. The number of rotatable bonds is 5. The number of halogens is 2. The van der Waals surface area contributed by atoms with E-state index in [-0.39, 0.29) is 18.9 Å². The van der Waals surface area contributed by atoms with Crippen molar-refractivity contribution < 1.29 is 13.6 Å². The standard InChI is InChI=1S/C18H15F2N3O/c19-14-7-6-13(16(20)10-14)8-9-22-18(24)17-11-21-12-23(17)15-4-2-1-3-5-15/h1-7,10-12H,8-9H2,(H,22,24). The van der Waals surface area contributed by atoms with Gasteiger partial charge in [0.1, 0.15) is 17.3 Å². The van der Waals surface area contributed by atoms with E-state index in [4.69, 9.17) is 0 Å². The molecule has 0 spiro atoms. The highest BCUT2D eigenvalue weighted by atomic mass is 19.1. The quantitative estimate of drug-likeness (QED) is 0.783. The third kappa shape index (κ3) is 3.48. The van der Waals surface area contributed by atoms with Crippen molar-refractivity contribution in [2.75, 3.05) is 6.54 Å². The van der Waals surface area contributed by atoms with Crippen LogP contribution in [0, 0.1) is 11.6 Å². The summed E-state index contributed by atoms with van der Waals surface area (Å²) in [6.45, 7) is 0.237. The van der Waals surface area contributed by atoms with Gasteiger partial charge in [-0.2, -0.15) is 0 Å². The molecule has 0 radical (unpaired) electrons. The normalized spacial score (nSPS) is 10.6. The molecule has 4 nitrogen and oxygen atoms in total. The summed E-state index contributed by atoms with van der Waals surface area (Å²) in [7, 11) is 0. The van der Waals surface area contributed by atoms with Gasteiger partial charge in [-0.3, -0.25) is 9.36 Å². The first-order valence-corrected chi connectivity index (χ1v) is 7.45. The Balaban J connectivity index is 1.65. The number of para-hydroxylation sites is 1. The Hall–Kier alpha value is -3.02. The van der Waals surface area contributed by atoms with E-state index in [1.165, 1.54) is 18.3 Å². The molecule has 1 heterocycles. The first-order chi connectivity index (χ1) is 11.6. The van der Waals surface area contributed by atoms with Crippen LogP contribution in [0.4, 0.5) is 8.78 Å². The van der Waals surface area contributed by atoms with Crippen LogP contribution in [0.2, 0.25) is 0 Å². The lowest BCUT2D eigenvalue weighted by Crippen LogP contribution is -2.27. The molecule has 0 fully saturated rings. The lowest BCUT2D eigenvalue weighted by atomic mass is 10.1. The smallest absolute Gasteiger partial charge is 0.269 e. The van der Waals surface area contributed by atoms with Crippen LogP contribution in [0.15, 0.2) is 61.1 Å². The van der Waals surface area contributed by atoms with Gasteiger partial charge in [0.05, 0.1) is 12.5 Å². The number of carbonyl (C=O) groups excluding carboxylic acids is 1. The molecule has 1 N–H and O–H groups in total. The van der Waals surface area contributed by atoms with E-state index in [1.54, 1.807) is 10.9 Å².